The van der Waals surface area contributed by atoms with E-state index in [-0.39, 0.29) is 21.7 Å². The second kappa shape index (κ2) is 5.62. The minimum absolute atomic E-state index is 0.133. The number of aromatic nitrogens is 4. The van der Waals surface area contributed by atoms with E-state index in [0.29, 0.717) is 11.7 Å². The smallest absolute Gasteiger partial charge is 0.269 e. The molecule has 8 heteroatoms. The van der Waals surface area contributed by atoms with E-state index in [9.17, 15) is 4.79 Å². The molecule has 2 aromatic rings. The van der Waals surface area contributed by atoms with E-state index in [1.54, 1.807) is 0 Å². The van der Waals surface area contributed by atoms with Crippen molar-refractivity contribution in [3.8, 4) is 0 Å². The van der Waals surface area contributed by atoms with Crippen molar-refractivity contribution in [3.05, 3.63) is 38.0 Å². The monoisotopic (exact) mass is 332 g/mol. The average Bonchev–Trinajstić information content (AvgIpc) is 2.78. The van der Waals surface area contributed by atoms with Crippen LogP contribution in [-0.4, -0.2) is 19.7 Å². The third-order valence-corrected chi connectivity index (χ3v) is 3.46. The lowest BCUT2D eigenvalue weighted by Crippen LogP contribution is -2.22. The molecule has 96 valence electrons. The predicted molar refractivity (Wildman–Crippen MR) is 68.6 cm³/mol. The molecule has 0 aromatic carbocycles. The van der Waals surface area contributed by atoms with Crippen molar-refractivity contribution in [2.24, 2.45) is 0 Å². The molecule has 0 radical (unpaired) electrons. The zero-order valence-corrected chi connectivity index (χ0v) is 11.9. The minimum atomic E-state index is -0.287. The van der Waals surface area contributed by atoms with Gasteiger partial charge in [-0.25, -0.2) is 4.98 Å². The molecule has 2 rings (SSSR count). The van der Waals surface area contributed by atoms with Crippen LogP contribution in [0.4, 0.5) is 0 Å². The highest BCUT2D eigenvalue weighted by Crippen LogP contribution is 2.14. The molecule has 2 heterocycles. The Labute approximate surface area is 116 Å². The largest absolute Gasteiger partial charge is 0.337 e. The van der Waals surface area contributed by atoms with Crippen LogP contribution >= 0.6 is 27.5 Å². The highest BCUT2D eigenvalue weighted by atomic mass is 79.9. The summed E-state index contributed by atoms with van der Waals surface area (Å²) < 4.78 is 6.62. The predicted octanol–water partition coefficient (Wildman–Crippen LogP) is 2.04. The van der Waals surface area contributed by atoms with Gasteiger partial charge in [-0.3, -0.25) is 9.36 Å². The van der Waals surface area contributed by atoms with Crippen molar-refractivity contribution in [2.75, 3.05) is 0 Å². The summed E-state index contributed by atoms with van der Waals surface area (Å²) in [5.41, 5.74) is -0.287. The number of hydrogen-bond acceptors (Lipinski definition) is 5. The lowest BCUT2D eigenvalue weighted by atomic mass is 10.3. The van der Waals surface area contributed by atoms with Gasteiger partial charge < -0.3 is 4.52 Å². The average molecular weight is 334 g/mol. The van der Waals surface area contributed by atoms with Gasteiger partial charge in [0.1, 0.15) is 11.0 Å². The van der Waals surface area contributed by atoms with Crippen LogP contribution < -0.4 is 5.56 Å². The van der Waals surface area contributed by atoms with Crippen LogP contribution in [0, 0.1) is 0 Å². The highest BCUT2D eigenvalue weighted by Gasteiger charge is 2.11. The van der Waals surface area contributed by atoms with E-state index in [1.807, 2.05) is 6.92 Å². The van der Waals surface area contributed by atoms with Gasteiger partial charge in [0.05, 0.1) is 6.33 Å². The molecule has 0 amide bonds. The molecule has 0 atom stereocenters. The van der Waals surface area contributed by atoms with E-state index < -0.39 is 0 Å². The van der Waals surface area contributed by atoms with Gasteiger partial charge in [0.2, 0.25) is 5.89 Å². The fourth-order valence-electron chi connectivity index (χ4n) is 1.38. The quantitative estimate of drug-likeness (QED) is 0.801. The van der Waals surface area contributed by atoms with Crippen molar-refractivity contribution < 1.29 is 4.52 Å². The van der Waals surface area contributed by atoms with Crippen molar-refractivity contribution in [3.63, 3.8) is 0 Å². The maximum Gasteiger partial charge on any atom is 0.269 e. The Balaban J connectivity index is 2.23. The summed E-state index contributed by atoms with van der Waals surface area (Å²) in [6.07, 6.45) is 3.03. The van der Waals surface area contributed by atoms with Crippen LogP contribution in [0.15, 0.2) is 20.1 Å². The summed E-state index contributed by atoms with van der Waals surface area (Å²) in [5, 5.41) is 3.94. The Morgan fingerprint density at radius 2 is 2.33 bits per heavy atom. The van der Waals surface area contributed by atoms with Gasteiger partial charge in [-0.15, -0.1) is 0 Å². The van der Waals surface area contributed by atoms with Crippen molar-refractivity contribution in [1.82, 2.24) is 19.7 Å². The molecular weight excluding hydrogens is 323 g/mol. The molecule has 0 aliphatic carbocycles. The standard InChI is InChI=1S/C10H10BrClN4O2/c1-2-3-6-14-7(18-15-6)4-16-5-13-9(12)8(11)10(16)17/h5H,2-4H2,1H3. The summed E-state index contributed by atoms with van der Waals surface area (Å²) in [5.74, 6) is 1.01. The van der Waals surface area contributed by atoms with Crippen LogP contribution in [0.25, 0.3) is 0 Å². The Morgan fingerprint density at radius 3 is 3.06 bits per heavy atom. The normalized spacial score (nSPS) is 10.8. The van der Waals surface area contributed by atoms with Gasteiger partial charge >= 0.3 is 0 Å². The maximum atomic E-state index is 11.8. The Kier molecular flexibility index (Phi) is 4.13. The summed E-state index contributed by atoms with van der Waals surface area (Å²) in [4.78, 5) is 19.9. The number of aryl methyl sites for hydroxylation is 1. The first kappa shape index (κ1) is 13.2. The molecule has 0 bridgehead atoms. The SMILES string of the molecule is CCCc1noc(Cn2cnc(Cl)c(Br)c2=O)n1. The van der Waals surface area contributed by atoms with Gasteiger partial charge in [-0.1, -0.05) is 23.7 Å². The third-order valence-electron chi connectivity index (χ3n) is 2.23. The topological polar surface area (TPSA) is 73.8 Å². The summed E-state index contributed by atoms with van der Waals surface area (Å²) >= 11 is 8.79. The van der Waals surface area contributed by atoms with E-state index in [4.69, 9.17) is 16.1 Å². The van der Waals surface area contributed by atoms with E-state index in [0.717, 1.165) is 12.8 Å². The first-order valence-electron chi connectivity index (χ1n) is 5.33. The van der Waals surface area contributed by atoms with Gasteiger partial charge in [-0.05, 0) is 22.4 Å². The van der Waals surface area contributed by atoms with E-state index in [2.05, 4.69) is 31.1 Å². The molecule has 0 saturated heterocycles. The lowest BCUT2D eigenvalue weighted by Gasteiger charge is -2.02. The molecule has 0 aliphatic rings. The van der Waals surface area contributed by atoms with Gasteiger partial charge in [0, 0.05) is 6.42 Å². The number of rotatable bonds is 4. The second-order valence-corrected chi connectivity index (χ2v) is 4.79. The maximum absolute atomic E-state index is 11.8. The number of hydrogen-bond donors (Lipinski definition) is 0. The van der Waals surface area contributed by atoms with E-state index >= 15 is 0 Å². The van der Waals surface area contributed by atoms with Crippen molar-refractivity contribution in [2.45, 2.75) is 26.3 Å². The second-order valence-electron chi connectivity index (χ2n) is 3.64. The molecule has 0 unspecified atom stereocenters. The third kappa shape index (κ3) is 2.78. The van der Waals surface area contributed by atoms with Crippen molar-refractivity contribution in [1.29, 1.82) is 0 Å². The highest BCUT2D eigenvalue weighted by molar-refractivity contribution is 9.10. The van der Waals surface area contributed by atoms with Gasteiger partial charge in [0.25, 0.3) is 5.56 Å². The fraction of sp³-hybridized carbons (Fsp3) is 0.400. The zero-order valence-electron chi connectivity index (χ0n) is 9.56. The minimum Gasteiger partial charge on any atom is -0.337 e. The van der Waals surface area contributed by atoms with Crippen LogP contribution in [0.2, 0.25) is 5.15 Å². The first-order valence-corrected chi connectivity index (χ1v) is 6.50. The molecule has 0 N–H and O–H groups in total. The van der Waals surface area contributed by atoms with Crippen molar-refractivity contribution >= 4 is 27.5 Å². The Morgan fingerprint density at radius 1 is 1.56 bits per heavy atom. The summed E-state index contributed by atoms with van der Waals surface area (Å²) in [6, 6.07) is 0. The Bertz CT molecular complexity index is 610. The number of halogens is 2. The lowest BCUT2D eigenvalue weighted by molar-refractivity contribution is 0.364. The summed E-state index contributed by atoms with van der Waals surface area (Å²) in [7, 11) is 0. The van der Waals surface area contributed by atoms with E-state index in [1.165, 1.54) is 10.9 Å². The molecule has 2 aromatic heterocycles. The first-order chi connectivity index (χ1) is 8.61. The van der Waals surface area contributed by atoms with Crippen LogP contribution in [-0.2, 0) is 13.0 Å². The molecule has 0 saturated carbocycles. The molecular formula is C10H10BrClN4O2. The molecule has 18 heavy (non-hydrogen) atoms. The number of nitrogens with zero attached hydrogens (tertiary/aromatic N) is 4. The van der Waals surface area contributed by atoms with Gasteiger partial charge in [0.15, 0.2) is 11.0 Å². The Hall–Kier alpha value is -1.21. The fourth-order valence-corrected chi connectivity index (χ4v) is 1.84. The molecule has 6 nitrogen and oxygen atoms in total. The van der Waals surface area contributed by atoms with Crippen LogP contribution in [0.5, 0.6) is 0 Å². The van der Waals surface area contributed by atoms with Crippen LogP contribution in [0.3, 0.4) is 0 Å². The molecule has 0 fully saturated rings. The van der Waals surface area contributed by atoms with Gasteiger partial charge in [-0.2, -0.15) is 4.98 Å². The summed E-state index contributed by atoms with van der Waals surface area (Å²) in [6.45, 7) is 2.21. The zero-order chi connectivity index (χ0) is 13.1. The van der Waals surface area contributed by atoms with Crippen LogP contribution in [0.1, 0.15) is 25.1 Å². The molecule has 0 aliphatic heterocycles. The molecule has 0 spiro atoms.